The van der Waals surface area contributed by atoms with Crippen LogP contribution in [-0.4, -0.2) is 48.6 Å². The first-order chi connectivity index (χ1) is 15.3. The Morgan fingerprint density at radius 3 is 2.56 bits per heavy atom. The van der Waals surface area contributed by atoms with Crippen LogP contribution in [0.25, 0.3) is 10.2 Å². The summed E-state index contributed by atoms with van der Waals surface area (Å²) in [5.74, 6) is -0.226. The predicted molar refractivity (Wildman–Crippen MR) is 119 cm³/mol. The monoisotopic (exact) mass is 463 g/mol. The molecule has 170 valence electrons. The van der Waals surface area contributed by atoms with Gasteiger partial charge in [0.05, 0.1) is 28.8 Å². The van der Waals surface area contributed by atoms with E-state index < -0.39 is 11.7 Å². The van der Waals surface area contributed by atoms with Crippen molar-refractivity contribution in [3.05, 3.63) is 59.2 Å². The van der Waals surface area contributed by atoms with Crippen LogP contribution in [0, 0.1) is 0 Å². The minimum absolute atomic E-state index is 0.226. The molecule has 0 saturated carbocycles. The number of carbonyl (C=O) groups is 1. The van der Waals surface area contributed by atoms with E-state index in [0.29, 0.717) is 16.8 Å². The van der Waals surface area contributed by atoms with Crippen molar-refractivity contribution < 1.29 is 22.7 Å². The lowest BCUT2D eigenvalue weighted by atomic mass is 10.1. The Hall–Kier alpha value is -2.65. The highest BCUT2D eigenvalue weighted by atomic mass is 32.1. The molecule has 3 aromatic rings. The molecule has 5 nitrogen and oxygen atoms in total. The Bertz CT molecular complexity index is 1090. The lowest BCUT2D eigenvalue weighted by Crippen LogP contribution is -2.45. The fraction of sp³-hybridized carbons (Fsp3) is 0.391. The highest BCUT2D eigenvalue weighted by Gasteiger charge is 2.31. The second kappa shape index (κ2) is 9.46. The first kappa shape index (κ1) is 22.5. The summed E-state index contributed by atoms with van der Waals surface area (Å²) in [7, 11) is 0. The first-order valence-electron chi connectivity index (χ1n) is 10.5. The van der Waals surface area contributed by atoms with E-state index in [1.54, 1.807) is 6.92 Å². The molecule has 32 heavy (non-hydrogen) atoms. The molecule has 0 bridgehead atoms. The molecule has 4 rings (SSSR count). The first-order valence-corrected chi connectivity index (χ1v) is 11.3. The van der Waals surface area contributed by atoms with Crippen molar-refractivity contribution in [2.45, 2.75) is 26.1 Å². The van der Waals surface area contributed by atoms with Gasteiger partial charge in [0, 0.05) is 32.7 Å². The number of halogens is 3. The van der Waals surface area contributed by atoms with Gasteiger partial charge in [0.15, 0.2) is 5.13 Å². The molecular weight excluding hydrogens is 439 g/mol. The van der Waals surface area contributed by atoms with Crippen molar-refractivity contribution in [3.63, 3.8) is 0 Å². The molecule has 1 aliphatic rings. The maximum atomic E-state index is 13.0. The quantitative estimate of drug-likeness (QED) is 0.494. The molecule has 9 heteroatoms. The van der Waals surface area contributed by atoms with Gasteiger partial charge < -0.3 is 9.64 Å². The van der Waals surface area contributed by atoms with E-state index in [-0.39, 0.29) is 12.4 Å². The molecular formula is C23H24F3N3O2S. The van der Waals surface area contributed by atoms with E-state index in [1.807, 2.05) is 24.3 Å². The van der Waals surface area contributed by atoms with E-state index in [2.05, 4.69) is 14.8 Å². The van der Waals surface area contributed by atoms with E-state index in [1.165, 1.54) is 23.5 Å². The Balaban J connectivity index is 1.36. The van der Waals surface area contributed by atoms with Crippen LogP contribution in [-0.2, 0) is 28.7 Å². The van der Waals surface area contributed by atoms with Gasteiger partial charge in [-0.05, 0) is 36.2 Å². The van der Waals surface area contributed by atoms with Gasteiger partial charge in [-0.1, -0.05) is 35.6 Å². The number of carbonyl (C=O) groups excluding carboxylic acids is 1. The molecule has 0 amide bonds. The zero-order valence-corrected chi connectivity index (χ0v) is 18.5. The van der Waals surface area contributed by atoms with Gasteiger partial charge in [-0.25, -0.2) is 4.98 Å². The van der Waals surface area contributed by atoms with Crippen LogP contribution < -0.4 is 4.90 Å². The van der Waals surface area contributed by atoms with E-state index >= 15 is 0 Å². The van der Waals surface area contributed by atoms with Gasteiger partial charge in [-0.3, -0.25) is 9.69 Å². The molecule has 1 aromatic heterocycles. The fourth-order valence-corrected chi connectivity index (χ4v) is 4.85. The number of rotatable bonds is 6. The van der Waals surface area contributed by atoms with Gasteiger partial charge in [0.1, 0.15) is 0 Å². The van der Waals surface area contributed by atoms with E-state index in [4.69, 9.17) is 4.74 Å². The number of esters is 1. The molecule has 0 aliphatic carbocycles. The molecule has 0 spiro atoms. The predicted octanol–water partition coefficient (Wildman–Crippen LogP) is 4.74. The molecule has 1 saturated heterocycles. The summed E-state index contributed by atoms with van der Waals surface area (Å²) < 4.78 is 44.5. The van der Waals surface area contributed by atoms with Crippen LogP contribution in [0.3, 0.4) is 0 Å². The van der Waals surface area contributed by atoms with Crippen molar-refractivity contribution in [1.29, 1.82) is 0 Å². The number of fused-ring (bicyclic) bond motifs is 1. The number of thiazole rings is 1. The summed E-state index contributed by atoms with van der Waals surface area (Å²) in [6.07, 6.45) is -4.08. The summed E-state index contributed by atoms with van der Waals surface area (Å²) in [6, 6.07) is 11.7. The molecule has 0 radical (unpaired) electrons. The van der Waals surface area contributed by atoms with Crippen molar-refractivity contribution in [2.75, 3.05) is 37.7 Å². The van der Waals surface area contributed by atoms with E-state index in [9.17, 15) is 18.0 Å². The Labute approximate surface area is 188 Å². The number of piperazine rings is 1. The SMILES string of the molecule is CCOC(=O)Cc1cccc(CN2CCN(c3nc4ccc(C(F)(F)F)cc4s3)CC2)c1. The van der Waals surface area contributed by atoms with Crippen LogP contribution in [0.2, 0.25) is 0 Å². The Kier molecular flexibility index (Phi) is 6.66. The fourth-order valence-electron chi connectivity index (χ4n) is 3.80. The number of alkyl halides is 3. The minimum atomic E-state index is -4.35. The number of hydrogen-bond donors (Lipinski definition) is 0. The highest BCUT2D eigenvalue weighted by molar-refractivity contribution is 7.22. The van der Waals surface area contributed by atoms with Gasteiger partial charge in [-0.2, -0.15) is 13.2 Å². The van der Waals surface area contributed by atoms with Crippen LogP contribution in [0.15, 0.2) is 42.5 Å². The average molecular weight is 464 g/mol. The maximum absolute atomic E-state index is 13.0. The molecule has 0 unspecified atom stereocenters. The Morgan fingerprint density at radius 2 is 1.84 bits per heavy atom. The molecule has 2 heterocycles. The van der Waals surface area contributed by atoms with Crippen molar-refractivity contribution in [1.82, 2.24) is 9.88 Å². The largest absolute Gasteiger partial charge is 0.466 e. The normalized spacial score (nSPS) is 15.3. The summed E-state index contributed by atoms with van der Waals surface area (Å²) in [6.45, 7) is 6.11. The van der Waals surface area contributed by atoms with Gasteiger partial charge in [0.25, 0.3) is 0 Å². The van der Waals surface area contributed by atoms with Gasteiger partial charge in [0.2, 0.25) is 0 Å². The number of nitrogens with zero attached hydrogens (tertiary/aromatic N) is 3. The third-order valence-electron chi connectivity index (χ3n) is 5.40. The average Bonchev–Trinajstić information content (AvgIpc) is 3.17. The summed E-state index contributed by atoms with van der Waals surface area (Å²) in [4.78, 5) is 20.7. The number of hydrogen-bond acceptors (Lipinski definition) is 6. The zero-order valence-electron chi connectivity index (χ0n) is 17.7. The smallest absolute Gasteiger partial charge is 0.416 e. The van der Waals surface area contributed by atoms with Gasteiger partial charge >= 0.3 is 12.1 Å². The minimum Gasteiger partial charge on any atom is -0.466 e. The van der Waals surface area contributed by atoms with Crippen molar-refractivity contribution in [2.24, 2.45) is 0 Å². The molecule has 1 fully saturated rings. The lowest BCUT2D eigenvalue weighted by Gasteiger charge is -2.34. The lowest BCUT2D eigenvalue weighted by molar-refractivity contribution is -0.142. The topological polar surface area (TPSA) is 45.7 Å². The third-order valence-corrected chi connectivity index (χ3v) is 6.48. The summed E-state index contributed by atoms with van der Waals surface area (Å²) in [5, 5.41) is 0.760. The van der Waals surface area contributed by atoms with Crippen molar-refractivity contribution >= 4 is 32.7 Å². The Morgan fingerprint density at radius 1 is 1.09 bits per heavy atom. The molecule has 1 aliphatic heterocycles. The second-order valence-corrected chi connectivity index (χ2v) is 8.75. The van der Waals surface area contributed by atoms with Crippen LogP contribution in [0.5, 0.6) is 0 Å². The maximum Gasteiger partial charge on any atom is 0.416 e. The van der Waals surface area contributed by atoms with E-state index in [0.717, 1.165) is 55.0 Å². The van der Waals surface area contributed by atoms with Crippen LogP contribution in [0.1, 0.15) is 23.6 Å². The highest BCUT2D eigenvalue weighted by Crippen LogP contribution is 2.35. The second-order valence-electron chi connectivity index (χ2n) is 7.74. The zero-order chi connectivity index (χ0) is 22.7. The number of aromatic nitrogens is 1. The van der Waals surface area contributed by atoms with Gasteiger partial charge in [-0.15, -0.1) is 0 Å². The molecule has 0 N–H and O–H groups in total. The van der Waals surface area contributed by atoms with Crippen LogP contribution >= 0.6 is 11.3 Å². The third kappa shape index (κ3) is 5.39. The standard InChI is InChI=1S/C23H24F3N3O2S/c1-2-31-21(30)13-16-4-3-5-17(12-16)15-28-8-10-29(11-9-28)22-27-19-7-6-18(23(24,25)26)14-20(19)32-22/h3-7,12,14H,2,8-11,13,15H2,1H3. The number of ether oxygens (including phenoxy) is 1. The molecule has 2 aromatic carbocycles. The number of anilines is 1. The number of benzene rings is 2. The molecule has 0 atom stereocenters. The summed E-state index contributed by atoms with van der Waals surface area (Å²) >= 11 is 1.30. The summed E-state index contributed by atoms with van der Waals surface area (Å²) in [5.41, 5.74) is 2.03. The van der Waals surface area contributed by atoms with Crippen LogP contribution in [0.4, 0.5) is 18.3 Å². The van der Waals surface area contributed by atoms with Crippen molar-refractivity contribution in [3.8, 4) is 0 Å².